The molecular formula is C18H19N5O3. The lowest BCUT2D eigenvalue weighted by Crippen LogP contribution is -2.30. The second-order valence-electron chi connectivity index (χ2n) is 5.43. The number of ether oxygens (including phenoxy) is 2. The van der Waals surface area contributed by atoms with Gasteiger partial charge in [-0.1, -0.05) is 12.1 Å². The van der Waals surface area contributed by atoms with E-state index in [1.807, 2.05) is 25.1 Å². The molecule has 2 aromatic carbocycles. The molecule has 0 aliphatic heterocycles. The van der Waals surface area contributed by atoms with Crippen molar-refractivity contribution in [3.63, 3.8) is 0 Å². The van der Waals surface area contributed by atoms with Crippen LogP contribution in [0.4, 0.5) is 5.69 Å². The van der Waals surface area contributed by atoms with Gasteiger partial charge in [0.1, 0.15) is 17.8 Å². The van der Waals surface area contributed by atoms with Crippen LogP contribution < -0.4 is 14.8 Å². The lowest BCUT2D eigenvalue weighted by Gasteiger charge is -2.16. The number of tetrazole rings is 1. The average molecular weight is 353 g/mol. The number of nitrogens with zero attached hydrogens (tertiary/aromatic N) is 4. The lowest BCUT2D eigenvalue weighted by atomic mass is 10.2. The van der Waals surface area contributed by atoms with Gasteiger partial charge < -0.3 is 14.8 Å². The van der Waals surface area contributed by atoms with E-state index >= 15 is 0 Å². The number of nitrogens with one attached hydrogen (secondary N) is 1. The first kappa shape index (κ1) is 17.4. The number of amides is 1. The summed E-state index contributed by atoms with van der Waals surface area (Å²) in [5.74, 6) is 0.936. The van der Waals surface area contributed by atoms with Crippen molar-refractivity contribution in [2.24, 2.45) is 0 Å². The van der Waals surface area contributed by atoms with Gasteiger partial charge in [0.2, 0.25) is 0 Å². The highest BCUT2D eigenvalue weighted by molar-refractivity contribution is 5.95. The van der Waals surface area contributed by atoms with E-state index in [0.717, 1.165) is 5.69 Å². The Hall–Kier alpha value is -3.42. The molecule has 0 saturated heterocycles. The highest BCUT2D eigenvalue weighted by Gasteiger charge is 2.16. The minimum atomic E-state index is -0.677. The lowest BCUT2D eigenvalue weighted by molar-refractivity contribution is -0.122. The van der Waals surface area contributed by atoms with E-state index in [2.05, 4.69) is 20.8 Å². The molecule has 1 aromatic heterocycles. The van der Waals surface area contributed by atoms with Crippen molar-refractivity contribution in [2.75, 3.05) is 11.9 Å². The Labute approximate surface area is 150 Å². The Balaban J connectivity index is 1.62. The van der Waals surface area contributed by atoms with Gasteiger partial charge in [-0.05, 0) is 60.7 Å². The summed E-state index contributed by atoms with van der Waals surface area (Å²) >= 11 is 0. The third-order valence-corrected chi connectivity index (χ3v) is 3.58. The van der Waals surface area contributed by atoms with Crippen LogP contribution in [-0.2, 0) is 4.79 Å². The molecule has 0 fully saturated rings. The van der Waals surface area contributed by atoms with Crippen molar-refractivity contribution in [3.8, 4) is 17.2 Å². The molecule has 0 saturated carbocycles. The van der Waals surface area contributed by atoms with Crippen LogP contribution in [0.15, 0.2) is 54.9 Å². The van der Waals surface area contributed by atoms with Gasteiger partial charge in [0.25, 0.3) is 5.91 Å². The minimum absolute atomic E-state index is 0.262. The van der Waals surface area contributed by atoms with E-state index in [0.29, 0.717) is 23.8 Å². The van der Waals surface area contributed by atoms with Crippen molar-refractivity contribution in [3.05, 3.63) is 54.9 Å². The largest absolute Gasteiger partial charge is 0.492 e. The summed E-state index contributed by atoms with van der Waals surface area (Å²) in [6.07, 6.45) is 0.824. The first-order valence-corrected chi connectivity index (χ1v) is 8.20. The number of para-hydroxylation sites is 2. The van der Waals surface area contributed by atoms with Gasteiger partial charge in [0, 0.05) is 0 Å². The van der Waals surface area contributed by atoms with Gasteiger partial charge in [-0.15, -0.1) is 5.10 Å². The minimum Gasteiger partial charge on any atom is -0.492 e. The summed E-state index contributed by atoms with van der Waals surface area (Å²) in [7, 11) is 0. The number of anilines is 1. The van der Waals surface area contributed by atoms with E-state index in [1.54, 1.807) is 37.3 Å². The first-order chi connectivity index (χ1) is 12.7. The standard InChI is InChI=1S/C18H19N5O3/c1-3-25-17-7-5-4-6-16(17)20-18(24)13(2)26-15-10-8-14(9-11-15)23-12-19-21-22-23/h4-13H,3H2,1-2H3,(H,20,24)/t13-/m1/s1. The zero-order chi connectivity index (χ0) is 18.4. The van der Waals surface area contributed by atoms with Crippen LogP contribution in [0.2, 0.25) is 0 Å². The molecule has 0 aliphatic rings. The summed E-state index contributed by atoms with van der Waals surface area (Å²) < 4.78 is 12.7. The summed E-state index contributed by atoms with van der Waals surface area (Å²) in [6.45, 7) is 4.10. The first-order valence-electron chi connectivity index (χ1n) is 8.20. The van der Waals surface area contributed by atoms with Crippen molar-refractivity contribution in [2.45, 2.75) is 20.0 Å². The van der Waals surface area contributed by atoms with Crippen LogP contribution in [0.25, 0.3) is 5.69 Å². The fourth-order valence-electron chi connectivity index (χ4n) is 2.30. The predicted octanol–water partition coefficient (Wildman–Crippen LogP) is 2.47. The van der Waals surface area contributed by atoms with Gasteiger partial charge >= 0.3 is 0 Å². The van der Waals surface area contributed by atoms with E-state index < -0.39 is 6.10 Å². The molecule has 3 aromatic rings. The Morgan fingerprint density at radius 3 is 2.65 bits per heavy atom. The van der Waals surface area contributed by atoms with Crippen LogP contribution in [0.3, 0.4) is 0 Å². The number of hydrogen-bond donors (Lipinski definition) is 1. The van der Waals surface area contributed by atoms with E-state index in [-0.39, 0.29) is 5.91 Å². The van der Waals surface area contributed by atoms with Gasteiger partial charge in [-0.25, -0.2) is 4.68 Å². The third kappa shape index (κ3) is 4.15. The maximum atomic E-state index is 12.4. The van der Waals surface area contributed by atoms with E-state index in [4.69, 9.17) is 9.47 Å². The molecule has 26 heavy (non-hydrogen) atoms. The van der Waals surface area contributed by atoms with Crippen molar-refractivity contribution in [1.82, 2.24) is 20.2 Å². The van der Waals surface area contributed by atoms with Crippen LogP contribution >= 0.6 is 0 Å². The highest BCUT2D eigenvalue weighted by Crippen LogP contribution is 2.24. The summed E-state index contributed by atoms with van der Waals surface area (Å²) in [5.41, 5.74) is 1.41. The quantitative estimate of drug-likeness (QED) is 0.702. The predicted molar refractivity (Wildman–Crippen MR) is 95.5 cm³/mol. The SMILES string of the molecule is CCOc1ccccc1NC(=O)[C@@H](C)Oc1ccc(-n2cnnn2)cc1. The second-order valence-corrected chi connectivity index (χ2v) is 5.43. The summed E-state index contributed by atoms with van der Waals surface area (Å²) in [6, 6.07) is 14.4. The average Bonchev–Trinajstić information content (AvgIpc) is 3.19. The number of hydrogen-bond acceptors (Lipinski definition) is 6. The molecule has 0 spiro atoms. The number of benzene rings is 2. The molecule has 1 atom stereocenters. The van der Waals surface area contributed by atoms with E-state index in [9.17, 15) is 4.79 Å². The fourth-order valence-corrected chi connectivity index (χ4v) is 2.30. The van der Waals surface area contributed by atoms with Gasteiger partial charge in [0.15, 0.2) is 6.10 Å². The maximum absolute atomic E-state index is 12.4. The smallest absolute Gasteiger partial charge is 0.265 e. The number of rotatable bonds is 7. The molecule has 0 bridgehead atoms. The molecule has 134 valence electrons. The molecular weight excluding hydrogens is 334 g/mol. The summed E-state index contributed by atoms with van der Waals surface area (Å²) in [5, 5.41) is 13.8. The monoisotopic (exact) mass is 353 g/mol. The molecule has 3 rings (SSSR count). The van der Waals surface area contributed by atoms with Crippen molar-refractivity contribution in [1.29, 1.82) is 0 Å². The normalized spacial score (nSPS) is 11.6. The Bertz CT molecular complexity index is 850. The molecule has 0 aliphatic carbocycles. The number of carbonyl (C=O) groups is 1. The molecule has 0 unspecified atom stereocenters. The maximum Gasteiger partial charge on any atom is 0.265 e. The van der Waals surface area contributed by atoms with Crippen LogP contribution in [-0.4, -0.2) is 38.8 Å². The molecule has 8 nitrogen and oxygen atoms in total. The Morgan fingerprint density at radius 1 is 1.19 bits per heavy atom. The van der Waals surface area contributed by atoms with Gasteiger partial charge in [-0.3, -0.25) is 4.79 Å². The molecule has 0 radical (unpaired) electrons. The highest BCUT2D eigenvalue weighted by atomic mass is 16.5. The molecule has 1 amide bonds. The van der Waals surface area contributed by atoms with Crippen LogP contribution in [0.1, 0.15) is 13.8 Å². The Kier molecular flexibility index (Phi) is 5.43. The van der Waals surface area contributed by atoms with E-state index in [1.165, 1.54) is 11.0 Å². The van der Waals surface area contributed by atoms with Gasteiger partial charge in [0.05, 0.1) is 18.0 Å². The van der Waals surface area contributed by atoms with Crippen LogP contribution in [0.5, 0.6) is 11.5 Å². The van der Waals surface area contributed by atoms with Crippen LogP contribution in [0, 0.1) is 0 Å². The number of aromatic nitrogens is 4. The third-order valence-electron chi connectivity index (χ3n) is 3.58. The second kappa shape index (κ2) is 8.11. The zero-order valence-corrected chi connectivity index (χ0v) is 14.5. The number of carbonyl (C=O) groups excluding carboxylic acids is 1. The fraction of sp³-hybridized carbons (Fsp3) is 0.222. The molecule has 8 heteroatoms. The topological polar surface area (TPSA) is 91.2 Å². The zero-order valence-electron chi connectivity index (χ0n) is 14.5. The molecule has 1 heterocycles. The molecule has 1 N–H and O–H groups in total. The van der Waals surface area contributed by atoms with Crippen molar-refractivity contribution < 1.29 is 14.3 Å². The van der Waals surface area contributed by atoms with Crippen molar-refractivity contribution >= 4 is 11.6 Å². The van der Waals surface area contributed by atoms with Gasteiger partial charge in [-0.2, -0.15) is 0 Å². The summed E-state index contributed by atoms with van der Waals surface area (Å²) in [4.78, 5) is 12.4. The Morgan fingerprint density at radius 2 is 1.96 bits per heavy atom.